The number of carbonyl (C=O) groups is 2. The van der Waals surface area contributed by atoms with Gasteiger partial charge in [0.1, 0.15) is 11.9 Å². The number of hydrogen-bond donors (Lipinski definition) is 1. The second kappa shape index (κ2) is 8.01. The molecule has 0 spiro atoms. The summed E-state index contributed by atoms with van der Waals surface area (Å²) in [5.74, 6) is 0.627. The molecule has 2 aromatic rings. The molecule has 0 radical (unpaired) electrons. The van der Waals surface area contributed by atoms with Crippen molar-refractivity contribution < 1.29 is 9.59 Å². The molecule has 0 aromatic carbocycles. The van der Waals surface area contributed by atoms with Gasteiger partial charge in [-0.1, -0.05) is 11.6 Å². The predicted molar refractivity (Wildman–Crippen MR) is 99.1 cm³/mol. The SMILES string of the molecule is CCn1nccc1N1CCCC(NC(=O)CCc2ccc(Cl)s2)C1=O. The molecular weight excluding hydrogens is 360 g/mol. The largest absolute Gasteiger partial charge is 0.344 e. The molecule has 1 atom stereocenters. The zero-order valence-electron chi connectivity index (χ0n) is 14.1. The molecule has 3 heterocycles. The second-order valence-electron chi connectivity index (χ2n) is 5.96. The Hall–Kier alpha value is -1.86. The van der Waals surface area contributed by atoms with Gasteiger partial charge in [-0.2, -0.15) is 5.10 Å². The number of anilines is 1. The van der Waals surface area contributed by atoms with Crippen molar-refractivity contribution >= 4 is 40.6 Å². The van der Waals surface area contributed by atoms with Crippen LogP contribution in [0.5, 0.6) is 0 Å². The van der Waals surface area contributed by atoms with Gasteiger partial charge in [0.25, 0.3) is 5.91 Å². The molecule has 1 fully saturated rings. The van der Waals surface area contributed by atoms with E-state index < -0.39 is 6.04 Å². The quantitative estimate of drug-likeness (QED) is 0.837. The number of carbonyl (C=O) groups excluding carboxylic acids is 2. The summed E-state index contributed by atoms with van der Waals surface area (Å²) in [6, 6.07) is 5.14. The highest BCUT2D eigenvalue weighted by atomic mass is 35.5. The van der Waals surface area contributed by atoms with E-state index in [4.69, 9.17) is 11.6 Å². The minimum Gasteiger partial charge on any atom is -0.344 e. The number of nitrogens with zero attached hydrogens (tertiary/aromatic N) is 3. The lowest BCUT2D eigenvalue weighted by Gasteiger charge is -2.32. The Morgan fingerprint density at radius 1 is 1.44 bits per heavy atom. The predicted octanol–water partition coefficient (Wildman–Crippen LogP) is 2.86. The minimum absolute atomic E-state index is 0.0611. The minimum atomic E-state index is -0.464. The molecule has 8 heteroatoms. The lowest BCUT2D eigenvalue weighted by molar-refractivity contribution is -0.128. The van der Waals surface area contributed by atoms with Crippen molar-refractivity contribution in [3.63, 3.8) is 0 Å². The molecule has 6 nitrogen and oxygen atoms in total. The lowest BCUT2D eigenvalue weighted by atomic mass is 10.0. The van der Waals surface area contributed by atoms with Crippen molar-refractivity contribution in [1.29, 1.82) is 0 Å². The van der Waals surface area contributed by atoms with Gasteiger partial charge < -0.3 is 5.32 Å². The van der Waals surface area contributed by atoms with E-state index in [9.17, 15) is 9.59 Å². The molecule has 0 aliphatic carbocycles. The fraction of sp³-hybridized carbons (Fsp3) is 0.471. The molecule has 2 aromatic heterocycles. The highest BCUT2D eigenvalue weighted by molar-refractivity contribution is 7.16. The van der Waals surface area contributed by atoms with Crippen molar-refractivity contribution in [2.75, 3.05) is 11.4 Å². The first-order valence-corrected chi connectivity index (χ1v) is 9.64. The average molecular weight is 381 g/mol. The normalized spacial score (nSPS) is 17.8. The first-order valence-electron chi connectivity index (χ1n) is 8.45. The van der Waals surface area contributed by atoms with Crippen LogP contribution >= 0.6 is 22.9 Å². The van der Waals surface area contributed by atoms with Crippen LogP contribution in [0.4, 0.5) is 5.82 Å². The third kappa shape index (κ3) is 4.22. The van der Waals surface area contributed by atoms with Gasteiger partial charge in [0.2, 0.25) is 5.91 Å². The smallest absolute Gasteiger partial charge is 0.250 e. The van der Waals surface area contributed by atoms with Crippen LogP contribution in [0.2, 0.25) is 4.34 Å². The fourth-order valence-electron chi connectivity index (χ4n) is 3.02. The summed E-state index contributed by atoms with van der Waals surface area (Å²) in [6.07, 6.45) is 4.21. The van der Waals surface area contributed by atoms with Gasteiger partial charge in [-0.25, -0.2) is 4.68 Å². The number of aromatic nitrogens is 2. The van der Waals surface area contributed by atoms with Crippen LogP contribution in [-0.4, -0.2) is 34.2 Å². The van der Waals surface area contributed by atoms with E-state index >= 15 is 0 Å². The molecule has 134 valence electrons. The molecule has 1 N–H and O–H groups in total. The Morgan fingerprint density at radius 2 is 2.28 bits per heavy atom. The molecule has 1 aliphatic rings. The highest BCUT2D eigenvalue weighted by Crippen LogP contribution is 2.23. The molecule has 1 aliphatic heterocycles. The molecular formula is C17H21ClN4O2S. The van der Waals surface area contributed by atoms with Crippen molar-refractivity contribution in [3.8, 4) is 0 Å². The zero-order chi connectivity index (χ0) is 17.8. The summed E-state index contributed by atoms with van der Waals surface area (Å²) >= 11 is 7.38. The topological polar surface area (TPSA) is 67.2 Å². The van der Waals surface area contributed by atoms with E-state index in [1.54, 1.807) is 15.8 Å². The van der Waals surface area contributed by atoms with Gasteiger partial charge in [0.15, 0.2) is 0 Å². The maximum atomic E-state index is 12.8. The third-order valence-corrected chi connectivity index (χ3v) is 5.56. The Morgan fingerprint density at radius 3 is 3.00 bits per heavy atom. The third-order valence-electron chi connectivity index (χ3n) is 4.27. The molecule has 1 unspecified atom stereocenters. The lowest BCUT2D eigenvalue weighted by Crippen LogP contribution is -2.53. The van der Waals surface area contributed by atoms with E-state index in [1.165, 1.54) is 11.3 Å². The first-order chi connectivity index (χ1) is 12.1. The van der Waals surface area contributed by atoms with E-state index in [2.05, 4.69) is 10.4 Å². The van der Waals surface area contributed by atoms with Crippen molar-refractivity contribution in [2.24, 2.45) is 0 Å². The van der Waals surface area contributed by atoms with Crippen LogP contribution in [0.15, 0.2) is 24.4 Å². The zero-order valence-corrected chi connectivity index (χ0v) is 15.6. The van der Waals surface area contributed by atoms with E-state index in [0.29, 0.717) is 32.4 Å². The summed E-state index contributed by atoms with van der Waals surface area (Å²) in [5.41, 5.74) is 0. The van der Waals surface area contributed by atoms with Gasteiger partial charge in [-0.3, -0.25) is 14.5 Å². The van der Waals surface area contributed by atoms with Crippen LogP contribution in [-0.2, 0) is 22.6 Å². The van der Waals surface area contributed by atoms with Gasteiger partial charge in [0.05, 0.1) is 10.5 Å². The van der Waals surface area contributed by atoms with E-state index in [-0.39, 0.29) is 11.8 Å². The number of rotatable bonds is 6. The number of aryl methyl sites for hydroxylation is 2. The summed E-state index contributed by atoms with van der Waals surface area (Å²) in [6.45, 7) is 3.35. The molecule has 2 amide bonds. The van der Waals surface area contributed by atoms with Crippen LogP contribution in [0.25, 0.3) is 0 Å². The van der Waals surface area contributed by atoms with Crippen LogP contribution < -0.4 is 10.2 Å². The van der Waals surface area contributed by atoms with Gasteiger partial charge >= 0.3 is 0 Å². The Balaban J connectivity index is 1.58. The number of piperidine rings is 1. The number of amides is 2. The van der Waals surface area contributed by atoms with Crippen molar-refractivity contribution in [3.05, 3.63) is 33.6 Å². The van der Waals surface area contributed by atoms with Crippen LogP contribution in [0.3, 0.4) is 0 Å². The van der Waals surface area contributed by atoms with Crippen molar-refractivity contribution in [1.82, 2.24) is 15.1 Å². The van der Waals surface area contributed by atoms with Gasteiger partial charge in [-0.05, 0) is 38.3 Å². The number of halogens is 1. The average Bonchev–Trinajstić information content (AvgIpc) is 3.23. The van der Waals surface area contributed by atoms with Gasteiger partial charge in [0, 0.05) is 30.5 Å². The Bertz CT molecular complexity index is 757. The Kier molecular flexibility index (Phi) is 5.75. The monoisotopic (exact) mass is 380 g/mol. The maximum Gasteiger partial charge on any atom is 0.250 e. The maximum absolute atomic E-state index is 12.8. The standard InChI is InChI=1S/C17H21ClN4O2S/c1-2-22-16(9-10-19-22)21-11-3-4-13(17(21)24)20-15(23)8-6-12-5-7-14(18)25-12/h5,7,9-10,13H,2-4,6,8,11H2,1H3,(H,20,23). The molecule has 25 heavy (non-hydrogen) atoms. The van der Waals surface area contributed by atoms with Gasteiger partial charge in [-0.15, -0.1) is 11.3 Å². The van der Waals surface area contributed by atoms with E-state index in [0.717, 1.165) is 21.5 Å². The molecule has 0 saturated carbocycles. The molecule has 1 saturated heterocycles. The van der Waals surface area contributed by atoms with E-state index in [1.807, 2.05) is 25.1 Å². The number of hydrogen-bond acceptors (Lipinski definition) is 4. The highest BCUT2D eigenvalue weighted by Gasteiger charge is 2.32. The summed E-state index contributed by atoms with van der Waals surface area (Å²) in [4.78, 5) is 27.8. The number of thiophene rings is 1. The number of nitrogens with one attached hydrogen (secondary N) is 1. The summed E-state index contributed by atoms with van der Waals surface area (Å²) in [7, 11) is 0. The molecule has 3 rings (SSSR count). The summed E-state index contributed by atoms with van der Waals surface area (Å²) in [5, 5.41) is 7.11. The van der Waals surface area contributed by atoms with Crippen LogP contribution in [0, 0.1) is 0 Å². The Labute approximate surface area is 155 Å². The summed E-state index contributed by atoms with van der Waals surface area (Å²) < 4.78 is 2.52. The first kappa shape index (κ1) is 17.9. The fourth-order valence-corrected chi connectivity index (χ4v) is 4.11. The second-order valence-corrected chi connectivity index (χ2v) is 7.76. The van der Waals surface area contributed by atoms with Crippen LogP contribution in [0.1, 0.15) is 31.1 Å². The molecule has 0 bridgehead atoms. The van der Waals surface area contributed by atoms with Crippen molar-refractivity contribution in [2.45, 2.75) is 45.2 Å².